The van der Waals surface area contributed by atoms with E-state index >= 15 is 0 Å². The largest absolute Gasteiger partial charge is 0.352 e. The number of primary amides is 1. The smallest absolute Gasteiger partial charge is 0.312 e. The summed E-state index contributed by atoms with van der Waals surface area (Å²) in [4.78, 5) is 10.1. The van der Waals surface area contributed by atoms with E-state index in [9.17, 15) is 4.79 Å². The van der Waals surface area contributed by atoms with Crippen LogP contribution in [0, 0.1) is 0 Å². The van der Waals surface area contributed by atoms with Gasteiger partial charge in [-0.1, -0.05) is 0 Å². The Kier molecular flexibility index (Phi) is 3.34. The number of amides is 2. The van der Waals surface area contributed by atoms with E-state index in [1.165, 1.54) is 0 Å². The predicted molar refractivity (Wildman–Crippen MR) is 36.6 cm³/mol. The molecule has 1 fully saturated rings. The van der Waals surface area contributed by atoms with E-state index in [-0.39, 0.29) is 18.4 Å². The Morgan fingerprint density at radius 3 is 2.33 bits per heavy atom. The van der Waals surface area contributed by atoms with Crippen LogP contribution >= 0.6 is 12.4 Å². The number of urea groups is 1. The molecule has 0 radical (unpaired) electrons. The lowest BCUT2D eigenvalue weighted by Crippen LogP contribution is -2.58. The lowest BCUT2D eigenvalue weighted by Gasteiger charge is -2.26. The molecular formula is C4H10ClN3O. The number of carbonyl (C=O) groups excluding carboxylic acids is 1. The Hall–Kier alpha value is -0.480. The van der Waals surface area contributed by atoms with Gasteiger partial charge in [-0.05, 0) is 0 Å². The summed E-state index contributed by atoms with van der Waals surface area (Å²) >= 11 is 0. The highest BCUT2D eigenvalue weighted by Crippen LogP contribution is 1.87. The zero-order chi connectivity index (χ0) is 5.98. The number of halogens is 1. The third-order valence-corrected chi connectivity index (χ3v) is 1.13. The molecular weight excluding hydrogens is 142 g/mol. The molecule has 0 unspecified atom stereocenters. The molecule has 1 saturated heterocycles. The van der Waals surface area contributed by atoms with Crippen molar-refractivity contribution in [3.63, 3.8) is 0 Å². The minimum atomic E-state index is -0.434. The molecule has 2 amide bonds. The van der Waals surface area contributed by atoms with Gasteiger partial charge in [-0.25, -0.2) is 4.79 Å². The molecule has 0 bridgehead atoms. The lowest BCUT2D eigenvalue weighted by molar-refractivity contribution is 0.239. The van der Waals surface area contributed by atoms with Crippen LogP contribution in [0.15, 0.2) is 0 Å². The van der Waals surface area contributed by atoms with Crippen LogP contribution in [-0.4, -0.2) is 25.2 Å². The van der Waals surface area contributed by atoms with E-state index in [1.54, 1.807) is 0 Å². The number of rotatable bonds is 1. The van der Waals surface area contributed by atoms with E-state index in [1.807, 2.05) is 0 Å². The average Bonchev–Trinajstić information content (AvgIpc) is 1.55. The van der Waals surface area contributed by atoms with Crippen molar-refractivity contribution in [3.05, 3.63) is 0 Å². The fraction of sp³-hybridized carbons (Fsp3) is 0.750. The molecule has 0 aliphatic carbocycles. The first-order valence-corrected chi connectivity index (χ1v) is 2.56. The maximum absolute atomic E-state index is 10.1. The van der Waals surface area contributed by atoms with Gasteiger partial charge in [0.1, 0.15) is 0 Å². The molecule has 4 N–H and O–H groups in total. The van der Waals surface area contributed by atoms with Crippen LogP contribution < -0.4 is 16.4 Å². The molecule has 1 aliphatic rings. The van der Waals surface area contributed by atoms with Gasteiger partial charge in [-0.15, -0.1) is 12.4 Å². The topological polar surface area (TPSA) is 67.2 Å². The summed E-state index contributed by atoms with van der Waals surface area (Å²) in [5, 5.41) is 5.55. The van der Waals surface area contributed by atoms with Gasteiger partial charge in [-0.2, -0.15) is 0 Å². The van der Waals surface area contributed by atoms with Gasteiger partial charge in [0.2, 0.25) is 0 Å². The number of nitrogens with one attached hydrogen (secondary N) is 2. The number of hydrogen-bond donors (Lipinski definition) is 3. The number of nitrogens with two attached hydrogens (primary N) is 1. The second-order valence-electron chi connectivity index (χ2n) is 1.86. The van der Waals surface area contributed by atoms with Crippen LogP contribution in [0.1, 0.15) is 0 Å². The van der Waals surface area contributed by atoms with Crippen molar-refractivity contribution in [3.8, 4) is 0 Å². The summed E-state index contributed by atoms with van der Waals surface area (Å²) in [6, 6.07) is -0.163. The zero-order valence-corrected chi connectivity index (χ0v) is 5.70. The van der Waals surface area contributed by atoms with E-state index in [0.717, 1.165) is 13.1 Å². The standard InChI is InChI=1S/C4H9N3O.ClH/c5-4(8)7-3-1-6-2-3;/h3,6H,1-2H2,(H3,5,7,8);1H. The van der Waals surface area contributed by atoms with Gasteiger partial charge in [0.05, 0.1) is 6.04 Å². The molecule has 0 spiro atoms. The molecule has 0 saturated carbocycles. The highest BCUT2D eigenvalue weighted by Gasteiger charge is 2.16. The molecule has 4 nitrogen and oxygen atoms in total. The van der Waals surface area contributed by atoms with Crippen molar-refractivity contribution in [2.45, 2.75) is 6.04 Å². The molecule has 0 atom stereocenters. The normalized spacial score (nSPS) is 17.3. The van der Waals surface area contributed by atoms with Gasteiger partial charge < -0.3 is 16.4 Å². The van der Waals surface area contributed by atoms with Gasteiger partial charge in [0.25, 0.3) is 0 Å². The highest BCUT2D eigenvalue weighted by atomic mass is 35.5. The van der Waals surface area contributed by atoms with E-state index < -0.39 is 6.03 Å². The molecule has 1 aliphatic heterocycles. The minimum Gasteiger partial charge on any atom is -0.352 e. The van der Waals surface area contributed by atoms with Gasteiger partial charge in [0, 0.05) is 13.1 Å². The second kappa shape index (κ2) is 3.53. The Bertz CT molecular complexity index is 104. The van der Waals surface area contributed by atoms with Crippen LogP contribution in [-0.2, 0) is 0 Å². The molecule has 9 heavy (non-hydrogen) atoms. The third-order valence-electron chi connectivity index (χ3n) is 1.13. The van der Waals surface area contributed by atoms with Gasteiger partial charge >= 0.3 is 6.03 Å². The van der Waals surface area contributed by atoms with Crippen molar-refractivity contribution in [2.75, 3.05) is 13.1 Å². The van der Waals surface area contributed by atoms with Crippen LogP contribution in [0.4, 0.5) is 4.79 Å². The molecule has 1 rings (SSSR count). The molecule has 0 aromatic rings. The summed E-state index contributed by atoms with van der Waals surface area (Å²) in [7, 11) is 0. The SMILES string of the molecule is Cl.NC(=O)NC1CNC1. The monoisotopic (exact) mass is 151 g/mol. The fourth-order valence-corrected chi connectivity index (χ4v) is 0.592. The fourth-order valence-electron chi connectivity index (χ4n) is 0.592. The van der Waals surface area contributed by atoms with Crippen LogP contribution in [0.5, 0.6) is 0 Å². The average molecular weight is 152 g/mol. The van der Waals surface area contributed by atoms with Crippen molar-refractivity contribution in [2.24, 2.45) is 5.73 Å². The molecule has 0 aromatic carbocycles. The van der Waals surface area contributed by atoms with Crippen molar-refractivity contribution < 1.29 is 4.79 Å². The minimum absolute atomic E-state index is 0. The summed E-state index contributed by atoms with van der Waals surface area (Å²) < 4.78 is 0. The first-order valence-electron chi connectivity index (χ1n) is 2.56. The quantitative estimate of drug-likeness (QED) is 0.452. The Labute approximate surface area is 59.6 Å². The van der Waals surface area contributed by atoms with E-state index in [2.05, 4.69) is 10.6 Å². The zero-order valence-electron chi connectivity index (χ0n) is 4.89. The van der Waals surface area contributed by atoms with Gasteiger partial charge in [-0.3, -0.25) is 0 Å². The first-order chi connectivity index (χ1) is 3.79. The third kappa shape index (κ3) is 2.53. The number of hydrogen-bond acceptors (Lipinski definition) is 2. The summed E-state index contributed by atoms with van der Waals surface area (Å²) in [6.07, 6.45) is 0. The van der Waals surface area contributed by atoms with Crippen LogP contribution in [0.3, 0.4) is 0 Å². The summed E-state index contributed by atoms with van der Waals surface area (Å²) in [5.41, 5.74) is 4.82. The highest BCUT2D eigenvalue weighted by molar-refractivity contribution is 5.85. The van der Waals surface area contributed by atoms with Crippen molar-refractivity contribution in [1.82, 2.24) is 10.6 Å². The molecule has 5 heteroatoms. The maximum Gasteiger partial charge on any atom is 0.312 e. The van der Waals surface area contributed by atoms with Crippen LogP contribution in [0.25, 0.3) is 0 Å². The van der Waals surface area contributed by atoms with Gasteiger partial charge in [0.15, 0.2) is 0 Å². The van der Waals surface area contributed by atoms with Crippen molar-refractivity contribution >= 4 is 18.4 Å². The number of carbonyl (C=O) groups is 1. The lowest BCUT2D eigenvalue weighted by atomic mass is 10.2. The van der Waals surface area contributed by atoms with Crippen molar-refractivity contribution in [1.29, 1.82) is 0 Å². The molecule has 0 aromatic heterocycles. The maximum atomic E-state index is 10.1. The van der Waals surface area contributed by atoms with Crippen LogP contribution in [0.2, 0.25) is 0 Å². The molecule has 54 valence electrons. The van der Waals surface area contributed by atoms with E-state index in [4.69, 9.17) is 5.73 Å². The Balaban J connectivity index is 0.000000640. The van der Waals surface area contributed by atoms with E-state index in [0.29, 0.717) is 0 Å². The molecule has 1 heterocycles. The Morgan fingerprint density at radius 2 is 2.22 bits per heavy atom. The second-order valence-corrected chi connectivity index (χ2v) is 1.86. The predicted octanol–water partition coefficient (Wildman–Crippen LogP) is -0.952. The Morgan fingerprint density at radius 1 is 1.67 bits per heavy atom. The first kappa shape index (κ1) is 8.52. The summed E-state index contributed by atoms with van der Waals surface area (Å²) in [6.45, 7) is 1.70. The summed E-state index contributed by atoms with van der Waals surface area (Å²) in [5.74, 6) is 0.